The highest BCUT2D eigenvalue weighted by Crippen LogP contribution is 2.31. The number of benzene rings is 1. The second-order valence-electron chi connectivity index (χ2n) is 5.79. The first kappa shape index (κ1) is 20.7. The lowest BCUT2D eigenvalue weighted by molar-refractivity contribution is 0.0948. The molecule has 2 aromatic rings. The van der Waals surface area contributed by atoms with E-state index in [2.05, 4.69) is 15.6 Å². The summed E-state index contributed by atoms with van der Waals surface area (Å²) in [4.78, 5) is 28.8. The van der Waals surface area contributed by atoms with Crippen molar-refractivity contribution in [1.82, 2.24) is 10.3 Å². The Morgan fingerprint density at radius 3 is 2.67 bits per heavy atom. The fourth-order valence-electron chi connectivity index (χ4n) is 2.33. The van der Waals surface area contributed by atoms with Crippen LogP contribution in [0.3, 0.4) is 0 Å². The molecule has 0 fully saturated rings. The van der Waals surface area contributed by atoms with E-state index in [9.17, 15) is 9.59 Å². The number of pyridine rings is 1. The number of carbonyl (C=O) groups is 2. The molecule has 2 rings (SSSR count). The summed E-state index contributed by atoms with van der Waals surface area (Å²) < 4.78 is 10.2. The Labute approximate surface area is 163 Å². The lowest BCUT2D eigenvalue weighted by Gasteiger charge is -2.12. The highest BCUT2D eigenvalue weighted by molar-refractivity contribution is 6.31. The molecule has 7 nitrogen and oxygen atoms in total. The Bertz CT molecular complexity index is 827. The molecule has 0 saturated carbocycles. The van der Waals surface area contributed by atoms with Gasteiger partial charge in [0.1, 0.15) is 11.4 Å². The summed E-state index contributed by atoms with van der Waals surface area (Å²) in [6.07, 6.45) is 2.12. The van der Waals surface area contributed by atoms with Crippen LogP contribution in [0.25, 0.3) is 0 Å². The Morgan fingerprint density at radius 2 is 1.96 bits per heavy atom. The molecule has 2 N–H and O–H groups in total. The molecule has 0 radical (unpaired) electrons. The van der Waals surface area contributed by atoms with Gasteiger partial charge in [-0.15, -0.1) is 0 Å². The van der Waals surface area contributed by atoms with E-state index in [0.717, 1.165) is 5.56 Å². The van der Waals surface area contributed by atoms with Crippen molar-refractivity contribution < 1.29 is 19.1 Å². The smallest absolute Gasteiger partial charge is 0.274 e. The van der Waals surface area contributed by atoms with Crippen molar-refractivity contribution in [1.29, 1.82) is 0 Å². The third-order valence-electron chi connectivity index (χ3n) is 3.79. The minimum atomic E-state index is -0.455. The number of rotatable bonds is 8. The minimum absolute atomic E-state index is 0.120. The third kappa shape index (κ3) is 5.67. The number of hydrogen-bond donors (Lipinski definition) is 2. The fraction of sp³-hybridized carbons (Fsp3) is 0.316. The van der Waals surface area contributed by atoms with E-state index in [4.69, 9.17) is 21.1 Å². The average molecular weight is 392 g/mol. The number of methoxy groups -OCH3 is 2. The van der Waals surface area contributed by atoms with Gasteiger partial charge in [0.2, 0.25) is 0 Å². The van der Waals surface area contributed by atoms with Gasteiger partial charge in [0.25, 0.3) is 11.8 Å². The number of aromatic nitrogens is 1. The molecule has 0 aliphatic rings. The van der Waals surface area contributed by atoms with Crippen molar-refractivity contribution in [2.24, 2.45) is 0 Å². The molecular weight excluding hydrogens is 370 g/mol. The second kappa shape index (κ2) is 9.89. The van der Waals surface area contributed by atoms with Gasteiger partial charge in [0, 0.05) is 43.1 Å². The van der Waals surface area contributed by atoms with Crippen LogP contribution in [0.2, 0.25) is 5.02 Å². The number of anilines is 1. The van der Waals surface area contributed by atoms with Gasteiger partial charge in [-0.2, -0.15) is 0 Å². The Balaban J connectivity index is 2.11. The quantitative estimate of drug-likeness (QED) is 0.675. The Morgan fingerprint density at radius 1 is 1.19 bits per heavy atom. The number of carbonyl (C=O) groups excluding carboxylic acids is 2. The number of hydrogen-bond acceptors (Lipinski definition) is 5. The lowest BCUT2D eigenvalue weighted by Crippen LogP contribution is -2.26. The van der Waals surface area contributed by atoms with Gasteiger partial charge in [-0.1, -0.05) is 11.6 Å². The molecule has 0 aliphatic heterocycles. The molecule has 1 heterocycles. The third-order valence-corrected chi connectivity index (χ3v) is 4.20. The van der Waals surface area contributed by atoms with Crippen LogP contribution >= 0.6 is 11.6 Å². The van der Waals surface area contributed by atoms with E-state index in [1.165, 1.54) is 19.4 Å². The van der Waals surface area contributed by atoms with E-state index in [1.807, 2.05) is 6.92 Å². The van der Waals surface area contributed by atoms with Crippen molar-refractivity contribution in [3.05, 3.63) is 52.3 Å². The zero-order valence-corrected chi connectivity index (χ0v) is 16.2. The number of aryl methyl sites for hydroxylation is 1. The minimum Gasteiger partial charge on any atom is -0.495 e. The average Bonchev–Trinajstić information content (AvgIpc) is 2.67. The summed E-state index contributed by atoms with van der Waals surface area (Å²) in [5, 5.41) is 6.04. The molecule has 0 atom stereocenters. The molecule has 8 heteroatoms. The first-order valence-corrected chi connectivity index (χ1v) is 8.72. The zero-order chi connectivity index (χ0) is 19.8. The zero-order valence-electron chi connectivity index (χ0n) is 15.5. The van der Waals surface area contributed by atoms with Gasteiger partial charge in [-0.3, -0.25) is 14.6 Å². The van der Waals surface area contributed by atoms with Crippen LogP contribution in [-0.2, 0) is 4.74 Å². The molecule has 0 aliphatic carbocycles. The number of nitrogens with one attached hydrogen (secondary N) is 2. The lowest BCUT2D eigenvalue weighted by atomic mass is 10.2. The summed E-state index contributed by atoms with van der Waals surface area (Å²) in [5.74, 6) is -0.294. The predicted molar refractivity (Wildman–Crippen MR) is 104 cm³/mol. The SMILES string of the molecule is COCCCNC(=O)c1ccnc(C(=O)Nc2cc(C)c(Cl)cc2OC)c1. The monoisotopic (exact) mass is 391 g/mol. The summed E-state index contributed by atoms with van der Waals surface area (Å²) in [5.41, 5.74) is 1.74. The van der Waals surface area contributed by atoms with Gasteiger partial charge in [0.05, 0.1) is 12.8 Å². The molecule has 144 valence electrons. The van der Waals surface area contributed by atoms with E-state index >= 15 is 0 Å². The summed E-state index contributed by atoms with van der Waals surface area (Å²) in [6, 6.07) is 6.33. The highest BCUT2D eigenvalue weighted by atomic mass is 35.5. The van der Waals surface area contributed by atoms with Crippen molar-refractivity contribution in [3.8, 4) is 5.75 Å². The summed E-state index contributed by atoms with van der Waals surface area (Å²) >= 11 is 6.08. The number of halogens is 1. The molecule has 0 spiro atoms. The van der Waals surface area contributed by atoms with E-state index in [-0.39, 0.29) is 11.6 Å². The van der Waals surface area contributed by atoms with Crippen molar-refractivity contribution in [3.63, 3.8) is 0 Å². The van der Waals surface area contributed by atoms with Crippen LogP contribution in [0.4, 0.5) is 5.69 Å². The molecule has 2 amide bonds. The van der Waals surface area contributed by atoms with Crippen molar-refractivity contribution >= 4 is 29.1 Å². The molecule has 1 aromatic heterocycles. The molecule has 0 unspecified atom stereocenters. The van der Waals surface area contributed by atoms with Crippen LogP contribution < -0.4 is 15.4 Å². The van der Waals surface area contributed by atoms with Crippen molar-refractivity contribution in [2.45, 2.75) is 13.3 Å². The maximum absolute atomic E-state index is 12.5. The Kier molecular flexibility index (Phi) is 7.57. The van der Waals surface area contributed by atoms with E-state index < -0.39 is 5.91 Å². The Hall–Kier alpha value is -2.64. The van der Waals surface area contributed by atoms with Crippen LogP contribution in [0.15, 0.2) is 30.5 Å². The second-order valence-corrected chi connectivity index (χ2v) is 6.20. The van der Waals surface area contributed by atoms with Crippen molar-refractivity contribution in [2.75, 3.05) is 32.7 Å². The van der Waals surface area contributed by atoms with E-state index in [1.54, 1.807) is 25.3 Å². The summed E-state index contributed by atoms with van der Waals surface area (Å²) in [7, 11) is 3.09. The maximum Gasteiger partial charge on any atom is 0.274 e. The van der Waals surface area contributed by atoms with Gasteiger partial charge < -0.3 is 20.1 Å². The molecule has 1 aromatic carbocycles. The van der Waals surface area contributed by atoms with Crippen LogP contribution in [0.1, 0.15) is 32.8 Å². The number of amides is 2. The largest absolute Gasteiger partial charge is 0.495 e. The highest BCUT2D eigenvalue weighted by Gasteiger charge is 2.15. The maximum atomic E-state index is 12.5. The number of ether oxygens (including phenoxy) is 2. The fourth-order valence-corrected chi connectivity index (χ4v) is 2.49. The van der Waals surface area contributed by atoms with Gasteiger partial charge in [-0.05, 0) is 37.1 Å². The van der Waals surface area contributed by atoms with Gasteiger partial charge >= 0.3 is 0 Å². The predicted octanol–water partition coefficient (Wildman–Crippen LogP) is 3.07. The van der Waals surface area contributed by atoms with Gasteiger partial charge in [-0.25, -0.2) is 0 Å². The van der Waals surface area contributed by atoms with E-state index in [0.29, 0.717) is 41.6 Å². The molecule has 0 saturated heterocycles. The number of nitrogens with zero attached hydrogens (tertiary/aromatic N) is 1. The van der Waals surface area contributed by atoms with Gasteiger partial charge in [0.15, 0.2) is 0 Å². The standard InChI is InChI=1S/C19H22ClN3O4/c1-12-9-15(17(27-3)11-14(12)20)23-19(25)16-10-13(5-7-21-16)18(24)22-6-4-8-26-2/h5,7,9-11H,4,6,8H2,1-3H3,(H,22,24)(H,23,25). The van der Waals surface area contributed by atoms with Crippen LogP contribution in [0.5, 0.6) is 5.75 Å². The van der Waals surface area contributed by atoms with Crippen LogP contribution in [0, 0.1) is 6.92 Å². The normalized spacial score (nSPS) is 10.4. The topological polar surface area (TPSA) is 89.5 Å². The molecule has 0 bridgehead atoms. The first-order chi connectivity index (χ1) is 13.0. The molecular formula is C19H22ClN3O4. The van der Waals surface area contributed by atoms with Crippen LogP contribution in [-0.4, -0.2) is 44.2 Å². The molecule has 27 heavy (non-hydrogen) atoms. The first-order valence-electron chi connectivity index (χ1n) is 8.35. The summed E-state index contributed by atoms with van der Waals surface area (Å²) in [6.45, 7) is 2.87.